The minimum Gasteiger partial charge on any atom is -0.461 e. The fraction of sp³-hybridized carbons (Fsp3) is 0.222. The summed E-state index contributed by atoms with van der Waals surface area (Å²) < 4.78 is 5.17. The number of benzene rings is 2. The fourth-order valence-electron chi connectivity index (χ4n) is 2.08. The number of hydrogen-bond acceptors (Lipinski definition) is 6. The quantitative estimate of drug-likeness (QED) is 0.342. The van der Waals surface area contributed by atoms with Gasteiger partial charge in [0.05, 0.1) is 16.6 Å². The van der Waals surface area contributed by atoms with Gasteiger partial charge in [-0.05, 0) is 36.2 Å². The molecule has 0 radical (unpaired) electrons. The number of nitriles is 1. The molecule has 0 bridgehead atoms. The first-order chi connectivity index (χ1) is 12.1. The van der Waals surface area contributed by atoms with E-state index in [1.165, 1.54) is 12.1 Å². The van der Waals surface area contributed by atoms with Crippen molar-refractivity contribution in [1.29, 1.82) is 5.26 Å². The van der Waals surface area contributed by atoms with Crippen LogP contribution in [0.4, 0.5) is 11.4 Å². The molecule has 2 rings (SSSR count). The second-order valence-electron chi connectivity index (χ2n) is 5.30. The van der Waals surface area contributed by atoms with Crippen LogP contribution >= 0.6 is 0 Å². The smallest absolute Gasteiger partial charge is 0.306 e. The van der Waals surface area contributed by atoms with Crippen molar-refractivity contribution in [3.63, 3.8) is 0 Å². The molecule has 25 heavy (non-hydrogen) atoms. The third-order valence-corrected chi connectivity index (χ3v) is 3.45. The van der Waals surface area contributed by atoms with Crippen LogP contribution in [0.2, 0.25) is 0 Å². The van der Waals surface area contributed by atoms with Crippen molar-refractivity contribution in [2.24, 2.45) is 0 Å². The molecule has 7 nitrogen and oxygen atoms in total. The number of carbonyl (C=O) groups is 1. The summed E-state index contributed by atoms with van der Waals surface area (Å²) in [4.78, 5) is 21.8. The van der Waals surface area contributed by atoms with Gasteiger partial charge in [-0.2, -0.15) is 5.26 Å². The summed E-state index contributed by atoms with van der Waals surface area (Å²) in [6, 6.07) is 15.0. The molecular weight excluding hydrogens is 322 g/mol. The van der Waals surface area contributed by atoms with Crippen molar-refractivity contribution in [2.45, 2.75) is 19.4 Å². The first-order valence-corrected chi connectivity index (χ1v) is 7.71. The van der Waals surface area contributed by atoms with Crippen LogP contribution in [0.25, 0.3) is 0 Å². The topological polar surface area (TPSA) is 105 Å². The number of hydrogen-bond donors (Lipinski definition) is 1. The molecule has 2 aromatic rings. The highest BCUT2D eigenvalue weighted by Crippen LogP contribution is 2.15. The first-order valence-electron chi connectivity index (χ1n) is 7.71. The number of rotatable bonds is 8. The Kier molecular flexibility index (Phi) is 6.48. The van der Waals surface area contributed by atoms with Gasteiger partial charge in [0.2, 0.25) is 0 Å². The third-order valence-electron chi connectivity index (χ3n) is 3.45. The summed E-state index contributed by atoms with van der Waals surface area (Å²) in [5, 5.41) is 22.4. The van der Waals surface area contributed by atoms with Gasteiger partial charge >= 0.3 is 5.97 Å². The third kappa shape index (κ3) is 5.95. The molecule has 0 aliphatic rings. The van der Waals surface area contributed by atoms with E-state index < -0.39 is 4.92 Å². The summed E-state index contributed by atoms with van der Waals surface area (Å²) in [5.41, 5.74) is 2.19. The van der Waals surface area contributed by atoms with Crippen molar-refractivity contribution in [1.82, 2.24) is 0 Å². The van der Waals surface area contributed by atoms with Gasteiger partial charge in [-0.1, -0.05) is 12.1 Å². The molecule has 7 heteroatoms. The molecule has 0 heterocycles. The molecular formula is C18H17N3O4. The van der Waals surface area contributed by atoms with Crippen molar-refractivity contribution in [3.8, 4) is 6.07 Å². The Morgan fingerprint density at radius 2 is 1.84 bits per heavy atom. The van der Waals surface area contributed by atoms with Gasteiger partial charge in [-0.3, -0.25) is 14.9 Å². The van der Waals surface area contributed by atoms with Crippen LogP contribution in [0.15, 0.2) is 48.5 Å². The minimum absolute atomic E-state index is 0.0388. The second-order valence-corrected chi connectivity index (χ2v) is 5.30. The molecule has 0 aromatic heterocycles. The van der Waals surface area contributed by atoms with E-state index in [9.17, 15) is 14.9 Å². The zero-order valence-electron chi connectivity index (χ0n) is 13.5. The largest absolute Gasteiger partial charge is 0.461 e. The summed E-state index contributed by atoms with van der Waals surface area (Å²) in [5.74, 6) is -0.296. The number of nitro groups is 1. The van der Waals surface area contributed by atoms with E-state index in [2.05, 4.69) is 5.32 Å². The average Bonchev–Trinajstić information content (AvgIpc) is 2.64. The van der Waals surface area contributed by atoms with Crippen LogP contribution in [0.3, 0.4) is 0 Å². The Morgan fingerprint density at radius 3 is 2.44 bits per heavy atom. The van der Waals surface area contributed by atoms with Crippen molar-refractivity contribution >= 4 is 17.3 Å². The van der Waals surface area contributed by atoms with Crippen molar-refractivity contribution < 1.29 is 14.5 Å². The summed E-state index contributed by atoms with van der Waals surface area (Å²) in [7, 11) is 0. The van der Waals surface area contributed by atoms with Crippen LogP contribution in [-0.2, 0) is 16.1 Å². The molecule has 0 aliphatic heterocycles. The minimum atomic E-state index is -0.451. The average molecular weight is 339 g/mol. The molecule has 0 amide bonds. The Bertz CT molecular complexity index is 764. The van der Waals surface area contributed by atoms with Crippen molar-refractivity contribution in [3.05, 3.63) is 69.8 Å². The standard InChI is InChI=1S/C18H17N3O4/c19-12-14-3-5-15(6-4-14)13-25-18(22)2-1-11-20-16-7-9-17(10-8-16)21(23)24/h3-10,20H,1-2,11,13H2. The van der Waals surface area contributed by atoms with Gasteiger partial charge in [0.1, 0.15) is 6.61 Å². The summed E-state index contributed by atoms with van der Waals surface area (Å²) in [6.07, 6.45) is 0.861. The molecule has 0 unspecified atom stereocenters. The van der Waals surface area contributed by atoms with Crippen LogP contribution < -0.4 is 5.32 Å². The maximum atomic E-state index is 11.7. The van der Waals surface area contributed by atoms with E-state index >= 15 is 0 Å². The van der Waals surface area contributed by atoms with Gasteiger partial charge in [-0.25, -0.2) is 0 Å². The number of nitrogens with one attached hydrogen (secondary N) is 1. The Balaban J connectivity index is 1.64. The molecule has 0 saturated heterocycles. The lowest BCUT2D eigenvalue weighted by molar-refractivity contribution is -0.384. The lowest BCUT2D eigenvalue weighted by atomic mass is 10.2. The van der Waals surface area contributed by atoms with Gasteiger partial charge in [0, 0.05) is 30.8 Å². The van der Waals surface area contributed by atoms with Crippen LogP contribution in [-0.4, -0.2) is 17.4 Å². The van der Waals surface area contributed by atoms with E-state index in [0.29, 0.717) is 18.5 Å². The monoisotopic (exact) mass is 339 g/mol. The number of carbonyl (C=O) groups excluding carboxylic acids is 1. The number of anilines is 1. The second kappa shape index (κ2) is 9.03. The van der Waals surface area contributed by atoms with Crippen LogP contribution in [0, 0.1) is 21.4 Å². The normalized spacial score (nSPS) is 9.88. The van der Waals surface area contributed by atoms with E-state index in [4.69, 9.17) is 10.00 Å². The summed E-state index contributed by atoms with van der Waals surface area (Å²) >= 11 is 0. The van der Waals surface area contributed by atoms with E-state index in [1.807, 2.05) is 6.07 Å². The van der Waals surface area contributed by atoms with Gasteiger partial charge in [0.15, 0.2) is 0 Å². The number of ether oxygens (including phenoxy) is 1. The highest BCUT2D eigenvalue weighted by molar-refractivity contribution is 5.69. The fourth-order valence-corrected chi connectivity index (χ4v) is 2.08. The highest BCUT2D eigenvalue weighted by Gasteiger charge is 2.05. The lowest BCUT2D eigenvalue weighted by Gasteiger charge is -2.07. The zero-order valence-corrected chi connectivity index (χ0v) is 13.5. The maximum Gasteiger partial charge on any atom is 0.306 e. The van der Waals surface area contributed by atoms with Gasteiger partial charge in [0.25, 0.3) is 5.69 Å². The van der Waals surface area contributed by atoms with Gasteiger partial charge < -0.3 is 10.1 Å². The van der Waals surface area contributed by atoms with Crippen molar-refractivity contribution in [2.75, 3.05) is 11.9 Å². The Hall–Kier alpha value is -3.40. The Morgan fingerprint density at radius 1 is 1.16 bits per heavy atom. The molecule has 0 fully saturated rings. The molecule has 0 saturated carbocycles. The zero-order chi connectivity index (χ0) is 18.1. The van der Waals surface area contributed by atoms with E-state index in [-0.39, 0.29) is 24.7 Å². The lowest BCUT2D eigenvalue weighted by Crippen LogP contribution is -2.08. The number of esters is 1. The van der Waals surface area contributed by atoms with Crippen LogP contribution in [0.5, 0.6) is 0 Å². The molecule has 0 spiro atoms. The number of non-ortho nitro benzene ring substituents is 1. The first kappa shape index (κ1) is 17.9. The Labute approximate surface area is 145 Å². The molecule has 2 aromatic carbocycles. The maximum absolute atomic E-state index is 11.7. The molecule has 1 N–H and O–H groups in total. The summed E-state index contributed by atoms with van der Waals surface area (Å²) in [6.45, 7) is 0.740. The number of nitrogens with zero attached hydrogens (tertiary/aromatic N) is 2. The molecule has 128 valence electrons. The molecule has 0 aliphatic carbocycles. The molecule has 0 atom stereocenters. The van der Waals surface area contributed by atoms with E-state index in [1.54, 1.807) is 36.4 Å². The van der Waals surface area contributed by atoms with E-state index in [0.717, 1.165) is 11.3 Å². The highest BCUT2D eigenvalue weighted by atomic mass is 16.6. The predicted molar refractivity (Wildman–Crippen MR) is 91.8 cm³/mol. The van der Waals surface area contributed by atoms with Crippen LogP contribution in [0.1, 0.15) is 24.0 Å². The number of nitro benzene ring substituents is 1. The SMILES string of the molecule is N#Cc1ccc(COC(=O)CCCNc2ccc([N+](=O)[O-])cc2)cc1. The van der Waals surface area contributed by atoms with Gasteiger partial charge in [-0.15, -0.1) is 0 Å². The predicted octanol–water partition coefficient (Wildman–Crippen LogP) is 3.40.